The maximum absolute atomic E-state index is 12.2. The molecule has 0 aromatic carbocycles. The molecule has 1 aliphatic heterocycles. The van der Waals surface area contributed by atoms with Crippen LogP contribution in [-0.4, -0.2) is 36.6 Å². The van der Waals surface area contributed by atoms with Crippen molar-refractivity contribution in [1.82, 2.24) is 9.55 Å². The van der Waals surface area contributed by atoms with Gasteiger partial charge in [-0.15, -0.1) is 0 Å². The second-order valence-corrected chi connectivity index (χ2v) is 13.4. The Morgan fingerprint density at radius 1 is 1.46 bits per heavy atom. The summed E-state index contributed by atoms with van der Waals surface area (Å²) in [6, 6.07) is -0.443. The third-order valence-electron chi connectivity index (χ3n) is 6.46. The van der Waals surface area contributed by atoms with Gasteiger partial charge >= 0.3 is 5.69 Å². The molecule has 2 heterocycles. The van der Waals surface area contributed by atoms with Gasteiger partial charge in [0.25, 0.3) is 5.56 Å². The number of H-pyrrole nitrogens is 1. The van der Waals surface area contributed by atoms with E-state index in [4.69, 9.17) is 14.7 Å². The fourth-order valence-electron chi connectivity index (χ4n) is 3.20. The van der Waals surface area contributed by atoms with E-state index in [2.05, 4.69) is 55.8 Å². The molecule has 9 nitrogen and oxygen atoms in total. The van der Waals surface area contributed by atoms with Gasteiger partial charge in [-0.3, -0.25) is 14.3 Å². The van der Waals surface area contributed by atoms with Gasteiger partial charge in [-0.25, -0.2) is 4.79 Å². The van der Waals surface area contributed by atoms with Crippen molar-refractivity contribution >= 4 is 8.32 Å². The Labute approximate surface area is 165 Å². The number of hydrogen-bond donors (Lipinski definition) is 1. The van der Waals surface area contributed by atoms with Gasteiger partial charge in [-0.1, -0.05) is 32.8 Å². The predicted molar refractivity (Wildman–Crippen MR) is 110 cm³/mol. The van der Waals surface area contributed by atoms with Crippen LogP contribution >= 0.6 is 0 Å². The van der Waals surface area contributed by atoms with Gasteiger partial charge in [0.05, 0.1) is 18.8 Å². The summed E-state index contributed by atoms with van der Waals surface area (Å²) in [4.78, 5) is 29.0. The fraction of sp³-hybridized carbons (Fsp3) is 0.778. The lowest BCUT2D eigenvalue weighted by molar-refractivity contribution is -0.0250. The number of nitrogens with one attached hydrogen (secondary N) is 1. The Bertz CT molecular complexity index is 869. The summed E-state index contributed by atoms with van der Waals surface area (Å²) < 4.78 is 13.7. The molecule has 1 aromatic heterocycles. The summed E-state index contributed by atoms with van der Waals surface area (Å²) in [5.74, 6) is 0.460. The Balaban J connectivity index is 2.21. The summed E-state index contributed by atoms with van der Waals surface area (Å²) in [5.41, 5.74) is 8.37. The van der Waals surface area contributed by atoms with Gasteiger partial charge in [0.1, 0.15) is 6.23 Å². The van der Waals surface area contributed by atoms with Gasteiger partial charge in [0, 0.05) is 23.1 Å². The lowest BCUT2D eigenvalue weighted by Gasteiger charge is -2.43. The van der Waals surface area contributed by atoms with E-state index in [0.29, 0.717) is 24.5 Å². The van der Waals surface area contributed by atoms with Crippen LogP contribution in [0.4, 0.5) is 0 Å². The van der Waals surface area contributed by atoms with Crippen molar-refractivity contribution in [2.45, 2.75) is 77.5 Å². The predicted octanol–water partition coefficient (Wildman–Crippen LogP) is 3.47. The van der Waals surface area contributed by atoms with Crippen LogP contribution in [0.2, 0.25) is 18.1 Å². The normalized spacial score (nSPS) is 23.1. The molecule has 10 heteroatoms. The van der Waals surface area contributed by atoms with E-state index in [1.54, 1.807) is 6.92 Å². The van der Waals surface area contributed by atoms with Gasteiger partial charge < -0.3 is 9.16 Å². The Morgan fingerprint density at radius 3 is 2.68 bits per heavy atom. The van der Waals surface area contributed by atoms with Gasteiger partial charge in [0.2, 0.25) is 0 Å². The zero-order chi connectivity index (χ0) is 21.3. The van der Waals surface area contributed by atoms with Crippen molar-refractivity contribution in [3.8, 4) is 0 Å². The summed E-state index contributed by atoms with van der Waals surface area (Å²) in [5, 5.41) is 3.90. The van der Waals surface area contributed by atoms with E-state index in [1.807, 2.05) is 0 Å². The molecule has 0 radical (unpaired) electrons. The van der Waals surface area contributed by atoms with Crippen LogP contribution in [0.5, 0.6) is 0 Å². The molecule has 1 aromatic rings. The molecule has 0 saturated carbocycles. The second kappa shape index (κ2) is 8.24. The van der Waals surface area contributed by atoms with Crippen molar-refractivity contribution in [3.63, 3.8) is 0 Å². The van der Waals surface area contributed by atoms with E-state index in [1.165, 1.54) is 10.8 Å². The average molecular weight is 410 g/mol. The molecule has 0 spiro atoms. The average Bonchev–Trinajstić information content (AvgIpc) is 2.99. The van der Waals surface area contributed by atoms with Crippen LogP contribution < -0.4 is 11.2 Å². The monoisotopic (exact) mass is 409 g/mol. The molecule has 1 aliphatic rings. The highest BCUT2D eigenvalue weighted by Gasteiger charge is 2.45. The molecule has 0 unspecified atom stereocenters. The van der Waals surface area contributed by atoms with Crippen molar-refractivity contribution in [1.29, 1.82) is 0 Å². The lowest BCUT2D eigenvalue weighted by Crippen LogP contribution is -2.47. The lowest BCUT2D eigenvalue weighted by atomic mass is 9.99. The molecule has 1 saturated heterocycles. The summed E-state index contributed by atoms with van der Waals surface area (Å²) in [6.45, 7) is 15.1. The van der Waals surface area contributed by atoms with Crippen LogP contribution in [0.1, 0.15) is 45.9 Å². The Hall–Kier alpha value is -1.87. The van der Waals surface area contributed by atoms with Gasteiger partial charge in [-0.2, -0.15) is 0 Å². The Morgan fingerprint density at radius 2 is 2.11 bits per heavy atom. The van der Waals surface area contributed by atoms with Crippen LogP contribution in [0, 0.1) is 12.8 Å². The third kappa shape index (κ3) is 4.40. The van der Waals surface area contributed by atoms with E-state index in [0.717, 1.165) is 0 Å². The smallest absolute Gasteiger partial charge is 0.330 e. The number of aromatic nitrogens is 2. The topological polar surface area (TPSA) is 122 Å². The highest BCUT2D eigenvalue weighted by Crippen LogP contribution is 2.45. The first kappa shape index (κ1) is 22.4. The van der Waals surface area contributed by atoms with Gasteiger partial charge in [0.15, 0.2) is 8.32 Å². The molecular formula is C18H31N5O4Si. The summed E-state index contributed by atoms with van der Waals surface area (Å²) in [6.07, 6.45) is 0.756. The molecule has 2 rings (SSSR count). The molecule has 3 atom stereocenters. The van der Waals surface area contributed by atoms with Crippen molar-refractivity contribution in [2.75, 3.05) is 6.61 Å². The Kier molecular flexibility index (Phi) is 6.60. The second-order valence-electron chi connectivity index (χ2n) is 8.81. The van der Waals surface area contributed by atoms with E-state index >= 15 is 0 Å². The van der Waals surface area contributed by atoms with E-state index in [9.17, 15) is 9.59 Å². The SMILES string of the molecule is Cc1cn([C@H]2C[C@H](N=[N+]=[N-])[C@@H](CO[Si](C)(C)C(C)(C)C(C)C)O2)c(=O)[nH]c1=O. The number of aromatic amines is 1. The fourth-order valence-corrected chi connectivity index (χ4v) is 5.54. The number of hydrogen-bond acceptors (Lipinski definition) is 5. The van der Waals surface area contributed by atoms with Crippen LogP contribution in [-0.2, 0) is 9.16 Å². The van der Waals surface area contributed by atoms with Gasteiger partial charge in [-0.05, 0) is 36.5 Å². The van der Waals surface area contributed by atoms with Crippen molar-refractivity contribution < 1.29 is 9.16 Å². The molecular weight excluding hydrogens is 378 g/mol. The largest absolute Gasteiger partial charge is 0.414 e. The molecule has 1 fully saturated rings. The minimum absolute atomic E-state index is 0.0476. The van der Waals surface area contributed by atoms with Crippen molar-refractivity contribution in [3.05, 3.63) is 43.0 Å². The third-order valence-corrected chi connectivity index (χ3v) is 11.0. The molecule has 0 bridgehead atoms. The molecule has 0 aliphatic carbocycles. The standard InChI is InChI=1S/C18H31N5O4Si/c1-11(2)18(4,5)28(6,7)26-10-14-13(21-22-19)8-15(27-14)23-9-12(3)16(24)20-17(23)25/h9,11,13-15H,8,10H2,1-7H3,(H,20,24,25)/t13-,14+,15+/m0/s1. The minimum Gasteiger partial charge on any atom is -0.414 e. The number of azide groups is 1. The first-order valence-corrected chi connectivity index (χ1v) is 12.5. The molecule has 156 valence electrons. The zero-order valence-corrected chi connectivity index (χ0v) is 18.7. The van der Waals surface area contributed by atoms with Crippen LogP contribution in [0.15, 0.2) is 20.9 Å². The highest BCUT2D eigenvalue weighted by molar-refractivity contribution is 6.74. The molecule has 0 amide bonds. The summed E-state index contributed by atoms with van der Waals surface area (Å²) in [7, 11) is -2.07. The number of rotatable bonds is 7. The zero-order valence-electron chi connectivity index (χ0n) is 17.7. The quantitative estimate of drug-likeness (QED) is 0.320. The van der Waals surface area contributed by atoms with Crippen LogP contribution in [0.25, 0.3) is 10.4 Å². The van der Waals surface area contributed by atoms with E-state index < -0.39 is 37.9 Å². The number of ether oxygens (including phenoxy) is 1. The first-order valence-electron chi connectivity index (χ1n) is 9.56. The first-order chi connectivity index (χ1) is 12.9. The maximum Gasteiger partial charge on any atom is 0.330 e. The number of nitrogens with zero attached hydrogens (tertiary/aromatic N) is 4. The van der Waals surface area contributed by atoms with Crippen molar-refractivity contribution in [2.24, 2.45) is 11.0 Å². The highest BCUT2D eigenvalue weighted by atomic mass is 28.4. The molecule has 1 N–H and O–H groups in total. The minimum atomic E-state index is -2.07. The number of aryl methyl sites for hydroxylation is 1. The molecule has 28 heavy (non-hydrogen) atoms. The van der Waals surface area contributed by atoms with Crippen LogP contribution in [0.3, 0.4) is 0 Å². The maximum atomic E-state index is 12.2. The van der Waals surface area contributed by atoms with E-state index in [-0.39, 0.29) is 5.04 Å². The summed E-state index contributed by atoms with van der Waals surface area (Å²) >= 11 is 0.